The van der Waals surface area contributed by atoms with Crippen LogP contribution in [0.4, 0.5) is 31.5 Å². The van der Waals surface area contributed by atoms with Gasteiger partial charge < -0.3 is 24.4 Å². The second-order valence-electron chi connectivity index (χ2n) is 12.6. The van der Waals surface area contributed by atoms with Crippen LogP contribution in [0.1, 0.15) is 55.8 Å². The highest BCUT2D eigenvalue weighted by Crippen LogP contribution is 2.54. The normalized spacial score (nSPS) is 19.0. The molecule has 3 aliphatic rings. The topological polar surface area (TPSA) is 113 Å². The standard InChI is InChI=1S/C32H39F2N5O5S/c1-22(40)44-17-18-45(42,43)36-24-3-4-26(27(20-24)38-13-8-31(6-7-31)9-14-38)30(41)35-25-19-23-5-12-37(2)29(23)28(21-25)39-15-10-32(33,34)11-16-39/h3-5,12,19-21,36H,6-11,13-18H2,1-2H3,(H,35,41). The van der Waals surface area contributed by atoms with E-state index in [-0.39, 0.29) is 38.4 Å². The molecule has 242 valence electrons. The van der Waals surface area contributed by atoms with Crippen molar-refractivity contribution in [3.63, 3.8) is 0 Å². The molecule has 0 bridgehead atoms. The van der Waals surface area contributed by atoms with Crippen molar-refractivity contribution < 1.29 is 31.5 Å². The molecular weight excluding hydrogens is 604 g/mol. The quantitative estimate of drug-likeness (QED) is 0.302. The first-order valence-corrected chi connectivity index (χ1v) is 17.0. The second kappa shape index (κ2) is 11.8. The molecule has 10 nitrogen and oxygen atoms in total. The molecule has 2 saturated heterocycles. The van der Waals surface area contributed by atoms with Crippen molar-refractivity contribution in [2.24, 2.45) is 12.5 Å². The Bertz CT molecular complexity index is 1720. The van der Waals surface area contributed by atoms with Crippen LogP contribution in [0.5, 0.6) is 0 Å². The number of hydrogen-bond donors (Lipinski definition) is 2. The summed E-state index contributed by atoms with van der Waals surface area (Å²) in [6, 6.07) is 10.5. The van der Waals surface area contributed by atoms with Crippen LogP contribution in [-0.2, 0) is 26.6 Å². The van der Waals surface area contributed by atoms with Gasteiger partial charge >= 0.3 is 5.97 Å². The summed E-state index contributed by atoms with van der Waals surface area (Å²) >= 11 is 0. The number of anilines is 4. The van der Waals surface area contributed by atoms with Crippen LogP contribution in [0.15, 0.2) is 42.6 Å². The van der Waals surface area contributed by atoms with E-state index in [0.29, 0.717) is 28.0 Å². The number of hydrogen-bond acceptors (Lipinski definition) is 7. The Labute approximate surface area is 261 Å². The van der Waals surface area contributed by atoms with Gasteiger partial charge in [0, 0.05) is 70.3 Å². The molecule has 45 heavy (non-hydrogen) atoms. The van der Waals surface area contributed by atoms with Crippen molar-refractivity contribution in [2.75, 3.05) is 58.4 Å². The third-order valence-electron chi connectivity index (χ3n) is 9.34. The molecule has 3 heterocycles. The zero-order chi connectivity index (χ0) is 32.0. The average Bonchev–Trinajstić information content (AvgIpc) is 3.63. The van der Waals surface area contributed by atoms with Crippen LogP contribution in [0.2, 0.25) is 0 Å². The number of ether oxygens (including phenoxy) is 1. The average molecular weight is 644 g/mol. The monoisotopic (exact) mass is 643 g/mol. The molecule has 3 fully saturated rings. The van der Waals surface area contributed by atoms with Crippen molar-refractivity contribution in [3.8, 4) is 0 Å². The van der Waals surface area contributed by atoms with Gasteiger partial charge in [0.25, 0.3) is 11.8 Å². The van der Waals surface area contributed by atoms with E-state index in [4.69, 9.17) is 4.74 Å². The number of nitrogens with zero attached hydrogens (tertiary/aromatic N) is 3. The van der Waals surface area contributed by atoms with Crippen LogP contribution >= 0.6 is 0 Å². The van der Waals surface area contributed by atoms with E-state index in [1.54, 1.807) is 18.2 Å². The summed E-state index contributed by atoms with van der Waals surface area (Å²) < 4.78 is 62.6. The van der Waals surface area contributed by atoms with Crippen LogP contribution in [-0.4, -0.2) is 69.3 Å². The van der Waals surface area contributed by atoms with Crippen molar-refractivity contribution in [3.05, 3.63) is 48.2 Å². The minimum absolute atomic E-state index is 0.212. The molecule has 6 rings (SSSR count). The number of carbonyl (C=O) groups excluding carboxylic acids is 2. The Hall–Kier alpha value is -3.87. The summed E-state index contributed by atoms with van der Waals surface area (Å²) in [5, 5.41) is 3.91. The largest absolute Gasteiger partial charge is 0.465 e. The molecule has 2 aliphatic heterocycles. The molecule has 1 aromatic heterocycles. The van der Waals surface area contributed by atoms with Crippen LogP contribution in [0, 0.1) is 5.41 Å². The van der Waals surface area contributed by atoms with Crippen molar-refractivity contribution in [1.82, 2.24) is 4.57 Å². The first-order chi connectivity index (χ1) is 21.3. The molecule has 3 aromatic rings. The zero-order valence-electron chi connectivity index (χ0n) is 25.6. The molecule has 0 radical (unpaired) electrons. The predicted molar refractivity (Wildman–Crippen MR) is 171 cm³/mol. The highest BCUT2D eigenvalue weighted by molar-refractivity contribution is 7.92. The fourth-order valence-corrected chi connectivity index (χ4v) is 7.37. The Balaban J connectivity index is 1.27. The number of rotatable bonds is 9. The van der Waals surface area contributed by atoms with Crippen molar-refractivity contribution in [1.29, 1.82) is 0 Å². The molecule has 1 aliphatic carbocycles. The summed E-state index contributed by atoms with van der Waals surface area (Å²) in [6.45, 7) is 2.88. The maximum atomic E-state index is 14.0. The van der Waals surface area contributed by atoms with E-state index < -0.39 is 27.7 Å². The van der Waals surface area contributed by atoms with Crippen LogP contribution in [0.25, 0.3) is 10.9 Å². The third kappa shape index (κ3) is 7.03. The molecule has 2 aromatic carbocycles. The lowest BCUT2D eigenvalue weighted by atomic mass is 9.93. The molecule has 1 amide bonds. The number of sulfonamides is 1. The van der Waals surface area contributed by atoms with Gasteiger partial charge in [-0.3, -0.25) is 14.3 Å². The van der Waals surface area contributed by atoms with Gasteiger partial charge in [0.1, 0.15) is 12.4 Å². The van der Waals surface area contributed by atoms with E-state index in [1.165, 1.54) is 19.8 Å². The minimum Gasteiger partial charge on any atom is -0.465 e. The summed E-state index contributed by atoms with van der Waals surface area (Å²) in [5.74, 6) is -3.98. The first-order valence-electron chi connectivity index (χ1n) is 15.4. The number of fused-ring (bicyclic) bond motifs is 1. The maximum Gasteiger partial charge on any atom is 0.302 e. The fourth-order valence-electron chi connectivity index (χ4n) is 6.48. The van der Waals surface area contributed by atoms with E-state index in [2.05, 4.69) is 14.9 Å². The predicted octanol–water partition coefficient (Wildman–Crippen LogP) is 5.35. The van der Waals surface area contributed by atoms with Gasteiger partial charge in [-0.15, -0.1) is 0 Å². The fraction of sp³-hybridized carbons (Fsp3) is 0.500. The zero-order valence-corrected chi connectivity index (χ0v) is 26.4. The highest BCUT2D eigenvalue weighted by atomic mass is 32.2. The Kier molecular flexibility index (Phi) is 8.17. The lowest BCUT2D eigenvalue weighted by Gasteiger charge is -2.35. The number of halogens is 2. The van der Waals surface area contributed by atoms with E-state index in [9.17, 15) is 26.8 Å². The number of piperidine rings is 2. The number of amides is 1. The molecule has 13 heteroatoms. The lowest BCUT2D eigenvalue weighted by Crippen LogP contribution is -2.39. The Morgan fingerprint density at radius 2 is 1.53 bits per heavy atom. The van der Waals surface area contributed by atoms with Gasteiger partial charge in [0.15, 0.2) is 0 Å². The van der Waals surface area contributed by atoms with E-state index >= 15 is 0 Å². The smallest absolute Gasteiger partial charge is 0.302 e. The van der Waals surface area contributed by atoms with E-state index in [1.807, 2.05) is 40.9 Å². The third-order valence-corrected chi connectivity index (χ3v) is 10.6. The van der Waals surface area contributed by atoms with Gasteiger partial charge in [-0.05, 0) is 67.5 Å². The Morgan fingerprint density at radius 1 is 0.889 bits per heavy atom. The molecule has 1 saturated carbocycles. The van der Waals surface area contributed by atoms with Gasteiger partial charge in [0.05, 0.1) is 28.1 Å². The van der Waals surface area contributed by atoms with Gasteiger partial charge in [-0.2, -0.15) is 0 Å². The molecular formula is C32H39F2N5O5S. The van der Waals surface area contributed by atoms with Crippen molar-refractivity contribution >= 4 is 55.6 Å². The van der Waals surface area contributed by atoms with Gasteiger partial charge in [-0.1, -0.05) is 0 Å². The maximum absolute atomic E-state index is 14.0. The lowest BCUT2D eigenvalue weighted by molar-refractivity contribution is -0.140. The number of nitrogens with one attached hydrogen (secondary N) is 2. The van der Waals surface area contributed by atoms with Crippen molar-refractivity contribution in [2.45, 2.75) is 51.4 Å². The van der Waals surface area contributed by atoms with E-state index in [0.717, 1.165) is 42.5 Å². The van der Waals surface area contributed by atoms with Gasteiger partial charge in [-0.25, -0.2) is 17.2 Å². The molecule has 0 unspecified atom stereocenters. The molecule has 0 atom stereocenters. The Morgan fingerprint density at radius 3 is 2.20 bits per heavy atom. The number of aromatic nitrogens is 1. The first kappa shape index (κ1) is 31.1. The van der Waals surface area contributed by atoms with Crippen LogP contribution in [0.3, 0.4) is 0 Å². The molecule has 2 N–H and O–H groups in total. The van der Waals surface area contributed by atoms with Crippen LogP contribution < -0.4 is 19.8 Å². The number of benzene rings is 2. The SMILES string of the molecule is CC(=O)OCCS(=O)(=O)Nc1ccc(C(=O)Nc2cc(N3CCC(F)(F)CC3)c3c(ccn3C)c2)c(N2CCC3(CC2)CC3)c1. The number of aryl methyl sites for hydroxylation is 1. The highest BCUT2D eigenvalue weighted by Gasteiger charge is 2.44. The summed E-state index contributed by atoms with van der Waals surface area (Å²) in [7, 11) is -1.90. The van der Waals surface area contributed by atoms with Gasteiger partial charge in [0.2, 0.25) is 10.0 Å². The summed E-state index contributed by atoms with van der Waals surface area (Å²) in [4.78, 5) is 29.0. The summed E-state index contributed by atoms with van der Waals surface area (Å²) in [6.07, 6.45) is 5.91. The minimum atomic E-state index is -3.81. The number of esters is 1. The number of carbonyl (C=O) groups is 2. The number of alkyl halides is 2. The summed E-state index contributed by atoms with van der Waals surface area (Å²) in [5.41, 5.74) is 3.98. The second-order valence-corrected chi connectivity index (χ2v) is 14.5. The molecule has 1 spiro atoms.